The van der Waals surface area contributed by atoms with Crippen LogP contribution in [0.2, 0.25) is 0 Å². The molecule has 12 heavy (non-hydrogen) atoms. The molecule has 0 unspecified atom stereocenters. The molecular weight excluding hydrogens is 155 g/mol. The summed E-state index contributed by atoms with van der Waals surface area (Å²) in [7, 11) is 0. The number of nitrogens with zero attached hydrogens (tertiary/aromatic N) is 1. The second-order valence-electron chi connectivity index (χ2n) is 3.13. The summed E-state index contributed by atoms with van der Waals surface area (Å²) in [5, 5.41) is 3.01. The lowest BCUT2D eigenvalue weighted by atomic mass is 9.97. The molecule has 0 amide bonds. The Balaban J connectivity index is 2.29. The molecular formula is C9H11FN2. The number of aromatic nitrogens is 1. The van der Waals surface area contributed by atoms with Crippen molar-refractivity contribution < 1.29 is 4.39 Å². The minimum Gasteiger partial charge on any atom is -0.313 e. The normalized spacial score (nSPS) is 29.1. The Kier molecular flexibility index (Phi) is 1.81. The van der Waals surface area contributed by atoms with Gasteiger partial charge in [-0.05, 0) is 19.0 Å². The minimum atomic E-state index is -1.19. The second kappa shape index (κ2) is 2.83. The summed E-state index contributed by atoms with van der Waals surface area (Å²) in [6.45, 7) is 1.17. The first-order valence-corrected chi connectivity index (χ1v) is 4.11. The number of pyridine rings is 1. The van der Waals surface area contributed by atoms with Gasteiger partial charge in [-0.1, -0.05) is 6.07 Å². The van der Waals surface area contributed by atoms with Crippen LogP contribution in [0.25, 0.3) is 0 Å². The van der Waals surface area contributed by atoms with Crippen molar-refractivity contribution in [2.45, 2.75) is 12.1 Å². The molecule has 2 nitrogen and oxygen atoms in total. The van der Waals surface area contributed by atoms with E-state index in [2.05, 4.69) is 10.3 Å². The van der Waals surface area contributed by atoms with Gasteiger partial charge in [-0.15, -0.1) is 0 Å². The molecule has 0 aliphatic carbocycles. The van der Waals surface area contributed by atoms with Crippen molar-refractivity contribution >= 4 is 0 Å². The summed E-state index contributed by atoms with van der Waals surface area (Å²) in [6, 6.07) is 3.56. The molecule has 2 rings (SSSR count). The van der Waals surface area contributed by atoms with Crippen LogP contribution in [0.3, 0.4) is 0 Å². The van der Waals surface area contributed by atoms with Crippen molar-refractivity contribution in [1.29, 1.82) is 0 Å². The smallest absolute Gasteiger partial charge is 0.151 e. The Morgan fingerprint density at radius 1 is 1.58 bits per heavy atom. The lowest BCUT2D eigenvalue weighted by molar-refractivity contribution is 0.193. The van der Waals surface area contributed by atoms with Crippen molar-refractivity contribution in [2.24, 2.45) is 0 Å². The van der Waals surface area contributed by atoms with E-state index in [-0.39, 0.29) is 0 Å². The number of halogens is 1. The monoisotopic (exact) mass is 166 g/mol. The first kappa shape index (κ1) is 7.68. The van der Waals surface area contributed by atoms with Gasteiger partial charge in [0.1, 0.15) is 0 Å². The Labute approximate surface area is 70.8 Å². The number of nitrogens with one attached hydrogen (secondary N) is 1. The second-order valence-corrected chi connectivity index (χ2v) is 3.13. The molecule has 1 fully saturated rings. The molecule has 3 heteroatoms. The van der Waals surface area contributed by atoms with Gasteiger partial charge in [-0.2, -0.15) is 0 Å². The molecule has 2 heterocycles. The van der Waals surface area contributed by atoms with Gasteiger partial charge in [0.05, 0.1) is 0 Å². The molecule has 1 aliphatic heterocycles. The van der Waals surface area contributed by atoms with E-state index in [0.29, 0.717) is 18.5 Å². The molecule has 0 spiro atoms. The number of alkyl halides is 1. The SMILES string of the molecule is F[C@@]1(c2cccnc2)CCNC1. The lowest BCUT2D eigenvalue weighted by Crippen LogP contribution is -2.23. The summed E-state index contributed by atoms with van der Waals surface area (Å²) in [6.07, 6.45) is 3.82. The largest absolute Gasteiger partial charge is 0.313 e. The van der Waals surface area contributed by atoms with Crippen LogP contribution in [-0.4, -0.2) is 18.1 Å². The van der Waals surface area contributed by atoms with Crippen LogP contribution in [0.4, 0.5) is 4.39 Å². The molecule has 0 saturated carbocycles. The van der Waals surface area contributed by atoms with Gasteiger partial charge in [0.15, 0.2) is 5.67 Å². The zero-order valence-corrected chi connectivity index (χ0v) is 6.76. The number of rotatable bonds is 1. The third-order valence-electron chi connectivity index (χ3n) is 2.28. The first-order chi connectivity index (χ1) is 5.81. The molecule has 0 bridgehead atoms. The molecule has 1 aromatic heterocycles. The molecule has 1 saturated heterocycles. The Hall–Kier alpha value is -0.960. The molecule has 1 atom stereocenters. The van der Waals surface area contributed by atoms with E-state index < -0.39 is 5.67 Å². The highest BCUT2D eigenvalue weighted by atomic mass is 19.1. The first-order valence-electron chi connectivity index (χ1n) is 4.11. The zero-order chi connectivity index (χ0) is 8.44. The summed E-state index contributed by atoms with van der Waals surface area (Å²) in [4.78, 5) is 3.91. The van der Waals surface area contributed by atoms with E-state index in [4.69, 9.17) is 0 Å². The van der Waals surface area contributed by atoms with Gasteiger partial charge >= 0.3 is 0 Å². The van der Waals surface area contributed by atoms with Gasteiger partial charge in [0.2, 0.25) is 0 Å². The van der Waals surface area contributed by atoms with E-state index in [0.717, 1.165) is 6.54 Å². The van der Waals surface area contributed by atoms with E-state index >= 15 is 0 Å². The Bertz CT molecular complexity index is 254. The number of hydrogen-bond acceptors (Lipinski definition) is 2. The van der Waals surface area contributed by atoms with Gasteiger partial charge in [-0.3, -0.25) is 4.98 Å². The summed E-state index contributed by atoms with van der Waals surface area (Å²) in [5.41, 5.74) is -0.496. The maximum absolute atomic E-state index is 13.9. The van der Waals surface area contributed by atoms with Crippen LogP contribution >= 0.6 is 0 Å². The molecule has 1 aliphatic rings. The molecule has 64 valence electrons. The van der Waals surface area contributed by atoms with Crippen molar-refractivity contribution in [3.8, 4) is 0 Å². The van der Waals surface area contributed by atoms with E-state index in [1.807, 2.05) is 0 Å². The van der Waals surface area contributed by atoms with Crippen molar-refractivity contribution in [3.05, 3.63) is 30.1 Å². The number of hydrogen-bond donors (Lipinski definition) is 1. The fourth-order valence-corrected chi connectivity index (χ4v) is 1.54. The quantitative estimate of drug-likeness (QED) is 0.679. The van der Waals surface area contributed by atoms with Gasteiger partial charge in [-0.25, -0.2) is 4.39 Å². The third kappa shape index (κ3) is 1.20. The third-order valence-corrected chi connectivity index (χ3v) is 2.28. The molecule has 0 aromatic carbocycles. The fourth-order valence-electron chi connectivity index (χ4n) is 1.54. The summed E-state index contributed by atoms with van der Waals surface area (Å²) < 4.78 is 13.9. The van der Waals surface area contributed by atoms with Gasteiger partial charge < -0.3 is 5.32 Å². The maximum Gasteiger partial charge on any atom is 0.151 e. The minimum absolute atomic E-state index is 0.415. The summed E-state index contributed by atoms with van der Waals surface area (Å²) >= 11 is 0. The predicted molar refractivity (Wildman–Crippen MR) is 44.5 cm³/mol. The summed E-state index contributed by atoms with van der Waals surface area (Å²) in [5.74, 6) is 0. The van der Waals surface area contributed by atoms with Gasteiger partial charge in [0, 0.05) is 24.5 Å². The van der Waals surface area contributed by atoms with Crippen LogP contribution < -0.4 is 5.32 Å². The average Bonchev–Trinajstić information content (AvgIpc) is 2.55. The Morgan fingerprint density at radius 3 is 3.08 bits per heavy atom. The fraction of sp³-hybridized carbons (Fsp3) is 0.444. The van der Waals surface area contributed by atoms with Crippen LogP contribution in [0.5, 0.6) is 0 Å². The highest BCUT2D eigenvalue weighted by Crippen LogP contribution is 2.31. The van der Waals surface area contributed by atoms with E-state index in [1.165, 1.54) is 0 Å². The maximum atomic E-state index is 13.9. The Morgan fingerprint density at radius 2 is 2.50 bits per heavy atom. The molecule has 0 radical (unpaired) electrons. The highest BCUT2D eigenvalue weighted by molar-refractivity contribution is 5.20. The van der Waals surface area contributed by atoms with E-state index in [1.54, 1.807) is 24.5 Å². The highest BCUT2D eigenvalue weighted by Gasteiger charge is 2.35. The molecule has 1 N–H and O–H groups in total. The van der Waals surface area contributed by atoms with Crippen LogP contribution in [0, 0.1) is 0 Å². The van der Waals surface area contributed by atoms with Gasteiger partial charge in [0.25, 0.3) is 0 Å². The standard InChI is InChI=1S/C9H11FN2/c10-9(3-5-12-7-9)8-2-1-4-11-6-8/h1-2,4,6,12H,3,5,7H2/t9-/m0/s1. The van der Waals surface area contributed by atoms with E-state index in [9.17, 15) is 4.39 Å². The van der Waals surface area contributed by atoms with Crippen molar-refractivity contribution in [3.63, 3.8) is 0 Å². The predicted octanol–water partition coefficient (Wildman–Crippen LogP) is 1.24. The van der Waals surface area contributed by atoms with Crippen LogP contribution in [0.15, 0.2) is 24.5 Å². The topological polar surface area (TPSA) is 24.9 Å². The zero-order valence-electron chi connectivity index (χ0n) is 6.76. The van der Waals surface area contributed by atoms with Crippen LogP contribution in [-0.2, 0) is 5.67 Å². The van der Waals surface area contributed by atoms with Crippen molar-refractivity contribution in [1.82, 2.24) is 10.3 Å². The molecule has 1 aromatic rings. The average molecular weight is 166 g/mol. The lowest BCUT2D eigenvalue weighted by Gasteiger charge is -2.17. The van der Waals surface area contributed by atoms with Crippen molar-refractivity contribution in [2.75, 3.05) is 13.1 Å². The van der Waals surface area contributed by atoms with Crippen LogP contribution in [0.1, 0.15) is 12.0 Å².